The van der Waals surface area contributed by atoms with Crippen LogP contribution in [0.3, 0.4) is 0 Å². The number of imidazole rings is 1. The zero-order chi connectivity index (χ0) is 23.7. The summed E-state index contributed by atoms with van der Waals surface area (Å²) >= 11 is 0. The van der Waals surface area contributed by atoms with Crippen LogP contribution in [0.5, 0.6) is 0 Å². The first-order valence-electron chi connectivity index (χ1n) is 10.9. The van der Waals surface area contributed by atoms with Crippen molar-refractivity contribution in [1.82, 2.24) is 14.5 Å². The minimum atomic E-state index is -0.697. The maximum Gasteiger partial charge on any atom is 2.00 e. The maximum absolute atomic E-state index is 14.4. The summed E-state index contributed by atoms with van der Waals surface area (Å²) in [6.07, 6.45) is 2.00. The molecule has 0 radical (unpaired) electrons. The van der Waals surface area contributed by atoms with Crippen molar-refractivity contribution in [1.29, 1.82) is 0 Å². The molecule has 0 unspecified atom stereocenters. The van der Waals surface area contributed by atoms with Crippen molar-refractivity contribution in [2.45, 2.75) is 19.3 Å². The average molecular weight is 645 g/mol. The Morgan fingerprint density at radius 3 is 2.31 bits per heavy atom. The Kier molecular flexibility index (Phi) is 7.09. The van der Waals surface area contributed by atoms with Gasteiger partial charge in [0.15, 0.2) is 0 Å². The van der Waals surface area contributed by atoms with Gasteiger partial charge in [0.25, 0.3) is 0 Å². The summed E-state index contributed by atoms with van der Waals surface area (Å²) in [5.74, 6) is -0.601. The van der Waals surface area contributed by atoms with Gasteiger partial charge >= 0.3 is 21.1 Å². The minimum absolute atomic E-state index is 0. The zero-order valence-corrected chi connectivity index (χ0v) is 21.3. The van der Waals surface area contributed by atoms with Crippen molar-refractivity contribution in [3.8, 4) is 28.3 Å². The molecule has 0 saturated heterocycles. The molecule has 0 bridgehead atoms. The second-order valence-corrected chi connectivity index (χ2v) is 8.51. The molecule has 0 fully saturated rings. The van der Waals surface area contributed by atoms with E-state index in [2.05, 4.69) is 12.1 Å². The molecule has 0 atom stereocenters. The molecule has 5 rings (SSSR count). The van der Waals surface area contributed by atoms with Crippen LogP contribution in [-0.2, 0) is 26.5 Å². The van der Waals surface area contributed by atoms with Crippen LogP contribution in [0.1, 0.15) is 25.2 Å². The van der Waals surface area contributed by atoms with Crippen molar-refractivity contribution in [2.75, 3.05) is 0 Å². The Morgan fingerprint density at radius 1 is 0.829 bits per heavy atom. The number of para-hydroxylation sites is 1. The minimum Gasteiger partial charge on any atom is -0.340 e. The van der Waals surface area contributed by atoms with Crippen molar-refractivity contribution >= 4 is 0 Å². The van der Waals surface area contributed by atoms with E-state index in [1.165, 1.54) is 0 Å². The SMILES string of the molecule is CC(C)(c1cccc(-c2[c-]cc(F)cc2F)n1)c1cn(-c2ccccc2)c(-c2[c-]cccc2)n1.[Pt+2]. The van der Waals surface area contributed by atoms with E-state index in [0.717, 1.165) is 34.9 Å². The van der Waals surface area contributed by atoms with Gasteiger partial charge in [-0.25, -0.2) is 0 Å². The molecule has 0 spiro atoms. The molecule has 3 aromatic carbocycles. The largest absolute Gasteiger partial charge is 2.00 e. The molecule has 5 aromatic rings. The molecule has 35 heavy (non-hydrogen) atoms. The van der Waals surface area contributed by atoms with Gasteiger partial charge in [-0.05, 0) is 37.7 Å². The van der Waals surface area contributed by atoms with Gasteiger partial charge in [0.1, 0.15) is 0 Å². The molecule has 6 heteroatoms. The van der Waals surface area contributed by atoms with Gasteiger partial charge in [0.2, 0.25) is 0 Å². The van der Waals surface area contributed by atoms with E-state index in [0.29, 0.717) is 11.4 Å². The summed E-state index contributed by atoms with van der Waals surface area (Å²) in [4.78, 5) is 9.71. The van der Waals surface area contributed by atoms with Crippen molar-refractivity contribution in [3.63, 3.8) is 0 Å². The predicted molar refractivity (Wildman–Crippen MR) is 128 cm³/mol. The number of nitrogens with zero attached hydrogens (tertiary/aromatic N) is 3. The molecule has 2 aromatic heterocycles. The van der Waals surface area contributed by atoms with E-state index in [9.17, 15) is 8.78 Å². The molecule has 2 heterocycles. The Labute approximate surface area is 217 Å². The van der Waals surface area contributed by atoms with Crippen LogP contribution in [0.15, 0.2) is 91.1 Å². The standard InChI is InChI=1S/C29H21F2N3.Pt/c1-29(2,26-15-9-14-25(32-26)23-17-16-21(30)18-24(23)31)27-19-34(22-12-7-4-8-13-22)28(33-27)20-10-5-3-6-11-20;/h3-10,12-16,18-19H,1-2H3;/q-2;+2. The third-order valence-electron chi connectivity index (χ3n) is 5.83. The fourth-order valence-corrected chi connectivity index (χ4v) is 3.88. The van der Waals surface area contributed by atoms with E-state index in [-0.39, 0.29) is 26.6 Å². The Morgan fingerprint density at radius 2 is 1.60 bits per heavy atom. The van der Waals surface area contributed by atoms with Crippen molar-refractivity contribution < 1.29 is 29.8 Å². The number of aromatic nitrogens is 3. The van der Waals surface area contributed by atoms with Crippen LogP contribution in [0, 0.1) is 23.8 Å². The first-order valence-corrected chi connectivity index (χ1v) is 10.9. The Balaban J connectivity index is 0.00000289. The average Bonchev–Trinajstić information content (AvgIpc) is 3.32. The topological polar surface area (TPSA) is 30.7 Å². The second-order valence-electron chi connectivity index (χ2n) is 8.51. The van der Waals surface area contributed by atoms with E-state index < -0.39 is 17.0 Å². The zero-order valence-electron chi connectivity index (χ0n) is 19.1. The molecule has 0 saturated carbocycles. The van der Waals surface area contributed by atoms with E-state index in [4.69, 9.17) is 9.97 Å². The third kappa shape index (κ3) is 4.87. The number of hydrogen-bond acceptors (Lipinski definition) is 2. The van der Waals surface area contributed by atoms with Crippen molar-refractivity contribution in [3.05, 3.63) is 126 Å². The van der Waals surface area contributed by atoms with E-state index >= 15 is 0 Å². The Hall–Kier alpha value is -3.43. The van der Waals surface area contributed by atoms with Gasteiger partial charge in [-0.1, -0.05) is 42.0 Å². The normalized spacial score (nSPS) is 11.2. The summed E-state index contributed by atoms with van der Waals surface area (Å²) in [7, 11) is 0. The molecule has 3 nitrogen and oxygen atoms in total. The van der Waals surface area contributed by atoms with Gasteiger partial charge in [-0.2, -0.15) is 0 Å². The molecule has 0 aliphatic rings. The van der Waals surface area contributed by atoms with Crippen LogP contribution < -0.4 is 0 Å². The fourth-order valence-electron chi connectivity index (χ4n) is 3.88. The number of halogens is 2. The molecular formula is C29H21F2N3Pt. The number of rotatable bonds is 5. The van der Waals surface area contributed by atoms with E-state index in [1.54, 1.807) is 6.07 Å². The summed E-state index contributed by atoms with van der Waals surface area (Å²) in [6, 6.07) is 31.0. The van der Waals surface area contributed by atoms with Gasteiger partial charge in [0, 0.05) is 34.6 Å². The number of pyridine rings is 1. The van der Waals surface area contributed by atoms with Crippen LogP contribution >= 0.6 is 0 Å². The Bertz CT molecular complexity index is 1390. The summed E-state index contributed by atoms with van der Waals surface area (Å²) in [6.45, 7) is 4.06. The van der Waals surface area contributed by atoms with Gasteiger partial charge in [-0.15, -0.1) is 48.0 Å². The smallest absolute Gasteiger partial charge is 0.340 e. The summed E-state index contributed by atoms with van der Waals surface area (Å²) in [5, 5.41) is 0. The van der Waals surface area contributed by atoms with Gasteiger partial charge in [0.05, 0.1) is 11.5 Å². The number of hydrogen-bond donors (Lipinski definition) is 0. The van der Waals surface area contributed by atoms with Crippen LogP contribution in [0.25, 0.3) is 28.3 Å². The molecule has 0 amide bonds. The molecule has 0 aliphatic carbocycles. The van der Waals surface area contributed by atoms with Gasteiger partial charge < -0.3 is 9.55 Å². The third-order valence-corrected chi connectivity index (χ3v) is 5.83. The molecule has 0 aliphatic heterocycles. The summed E-state index contributed by atoms with van der Waals surface area (Å²) in [5.41, 5.74) is 3.29. The maximum atomic E-state index is 14.4. The molecule has 176 valence electrons. The number of benzene rings is 3. The van der Waals surface area contributed by atoms with E-state index in [1.807, 2.05) is 91.3 Å². The van der Waals surface area contributed by atoms with Crippen LogP contribution in [0.4, 0.5) is 8.78 Å². The monoisotopic (exact) mass is 644 g/mol. The van der Waals surface area contributed by atoms with Crippen LogP contribution in [0.2, 0.25) is 0 Å². The quantitative estimate of drug-likeness (QED) is 0.197. The summed E-state index contributed by atoms with van der Waals surface area (Å²) < 4.78 is 29.8. The first kappa shape index (κ1) is 24.7. The fraction of sp³-hybridized carbons (Fsp3) is 0.103. The second kappa shape index (κ2) is 10.0. The first-order chi connectivity index (χ1) is 16.4. The van der Waals surface area contributed by atoms with Crippen molar-refractivity contribution in [2.24, 2.45) is 0 Å². The van der Waals surface area contributed by atoms with Crippen LogP contribution in [-0.4, -0.2) is 14.5 Å². The molecule has 0 N–H and O–H groups in total. The molecular weight excluding hydrogens is 623 g/mol. The van der Waals surface area contributed by atoms with Gasteiger partial charge in [-0.3, -0.25) is 13.8 Å². The predicted octanol–water partition coefficient (Wildman–Crippen LogP) is 6.80.